The SMILES string of the molecule is O=C(NCc1ccccc1[N+](=O)[O-])c1cccc2c3c([nH]c12)CCCC3. The van der Waals surface area contributed by atoms with Gasteiger partial charge in [-0.05, 0) is 37.3 Å². The first-order valence-corrected chi connectivity index (χ1v) is 8.78. The van der Waals surface area contributed by atoms with E-state index >= 15 is 0 Å². The van der Waals surface area contributed by atoms with Crippen LogP contribution in [0.25, 0.3) is 10.9 Å². The predicted molar refractivity (Wildman–Crippen MR) is 99.2 cm³/mol. The average molecular weight is 349 g/mol. The number of aromatic nitrogens is 1. The number of hydrogen-bond acceptors (Lipinski definition) is 3. The third-order valence-electron chi connectivity index (χ3n) is 5.01. The number of aromatic amines is 1. The number of hydrogen-bond donors (Lipinski definition) is 2. The van der Waals surface area contributed by atoms with Crippen LogP contribution in [-0.4, -0.2) is 15.8 Å². The smallest absolute Gasteiger partial charge is 0.274 e. The molecule has 1 aromatic heterocycles. The number of amides is 1. The minimum atomic E-state index is -0.429. The molecule has 6 heteroatoms. The van der Waals surface area contributed by atoms with Gasteiger partial charge in [0.25, 0.3) is 11.6 Å². The average Bonchev–Trinajstić information content (AvgIpc) is 3.05. The molecule has 0 saturated heterocycles. The van der Waals surface area contributed by atoms with Gasteiger partial charge in [-0.2, -0.15) is 0 Å². The number of benzene rings is 2. The van der Waals surface area contributed by atoms with Crippen LogP contribution in [0.2, 0.25) is 0 Å². The van der Waals surface area contributed by atoms with Crippen LogP contribution in [0.15, 0.2) is 42.5 Å². The van der Waals surface area contributed by atoms with Gasteiger partial charge < -0.3 is 10.3 Å². The third-order valence-corrected chi connectivity index (χ3v) is 5.01. The van der Waals surface area contributed by atoms with Gasteiger partial charge in [-0.1, -0.05) is 30.3 Å². The van der Waals surface area contributed by atoms with Crippen LogP contribution >= 0.6 is 0 Å². The second-order valence-corrected chi connectivity index (χ2v) is 6.59. The van der Waals surface area contributed by atoms with E-state index in [1.165, 1.54) is 30.2 Å². The van der Waals surface area contributed by atoms with Gasteiger partial charge in [0.05, 0.1) is 16.0 Å². The van der Waals surface area contributed by atoms with Crippen molar-refractivity contribution in [1.29, 1.82) is 0 Å². The van der Waals surface area contributed by atoms with Gasteiger partial charge in [0.15, 0.2) is 0 Å². The minimum absolute atomic E-state index is 0.0151. The molecule has 0 radical (unpaired) electrons. The van der Waals surface area contributed by atoms with Crippen molar-refractivity contribution in [3.8, 4) is 0 Å². The number of nitro benzene ring substituents is 1. The highest BCUT2D eigenvalue weighted by molar-refractivity contribution is 6.06. The van der Waals surface area contributed by atoms with Gasteiger partial charge in [-0.15, -0.1) is 0 Å². The lowest BCUT2D eigenvalue weighted by molar-refractivity contribution is -0.385. The Labute approximate surface area is 150 Å². The summed E-state index contributed by atoms with van der Waals surface area (Å²) in [7, 11) is 0. The first-order chi connectivity index (χ1) is 12.6. The Bertz CT molecular complexity index is 1010. The van der Waals surface area contributed by atoms with Gasteiger partial charge in [0.2, 0.25) is 0 Å². The summed E-state index contributed by atoms with van der Waals surface area (Å²) in [5.41, 5.74) is 4.49. The number of nitrogens with one attached hydrogen (secondary N) is 2. The summed E-state index contributed by atoms with van der Waals surface area (Å²) in [4.78, 5) is 26.8. The second-order valence-electron chi connectivity index (χ2n) is 6.59. The molecule has 0 bridgehead atoms. The molecule has 0 atom stereocenters. The van der Waals surface area contributed by atoms with E-state index in [2.05, 4.69) is 16.4 Å². The van der Waals surface area contributed by atoms with Crippen molar-refractivity contribution in [2.45, 2.75) is 32.2 Å². The fourth-order valence-electron chi connectivity index (χ4n) is 3.73. The minimum Gasteiger partial charge on any atom is -0.358 e. The van der Waals surface area contributed by atoms with E-state index in [1.807, 2.05) is 6.07 Å². The summed E-state index contributed by atoms with van der Waals surface area (Å²) < 4.78 is 0. The summed E-state index contributed by atoms with van der Waals surface area (Å²) in [5.74, 6) is -0.229. The lowest BCUT2D eigenvalue weighted by Gasteiger charge is -2.10. The van der Waals surface area contributed by atoms with Crippen LogP contribution < -0.4 is 5.32 Å². The largest absolute Gasteiger partial charge is 0.358 e. The first-order valence-electron chi connectivity index (χ1n) is 8.78. The van der Waals surface area contributed by atoms with E-state index in [0.717, 1.165) is 23.7 Å². The van der Waals surface area contributed by atoms with Crippen LogP contribution in [0.1, 0.15) is 40.0 Å². The standard InChI is InChI=1S/C20H19N3O3/c24-20(21-12-13-6-1-4-11-18(13)23(25)26)16-9-5-8-15-14-7-2-3-10-17(14)22-19(15)16/h1,4-6,8-9,11,22H,2-3,7,10,12H2,(H,21,24). The molecule has 26 heavy (non-hydrogen) atoms. The Kier molecular flexibility index (Phi) is 4.16. The highest BCUT2D eigenvalue weighted by atomic mass is 16.6. The molecule has 3 aromatic rings. The maximum absolute atomic E-state index is 12.7. The number of fused-ring (bicyclic) bond motifs is 3. The molecule has 1 aliphatic rings. The van der Waals surface area contributed by atoms with E-state index < -0.39 is 4.92 Å². The fraction of sp³-hybridized carbons (Fsp3) is 0.250. The molecule has 132 valence electrons. The lowest BCUT2D eigenvalue weighted by Crippen LogP contribution is -2.23. The summed E-state index contributed by atoms with van der Waals surface area (Å²) in [6.07, 6.45) is 4.39. The topological polar surface area (TPSA) is 88.0 Å². The summed E-state index contributed by atoms with van der Waals surface area (Å²) in [5, 5.41) is 15.0. The highest BCUT2D eigenvalue weighted by Gasteiger charge is 2.20. The van der Waals surface area contributed by atoms with E-state index in [0.29, 0.717) is 11.1 Å². The van der Waals surface area contributed by atoms with Crippen molar-refractivity contribution in [1.82, 2.24) is 10.3 Å². The maximum atomic E-state index is 12.7. The van der Waals surface area contributed by atoms with Gasteiger partial charge in [0.1, 0.15) is 0 Å². The van der Waals surface area contributed by atoms with Crippen molar-refractivity contribution >= 4 is 22.5 Å². The molecule has 1 heterocycles. The van der Waals surface area contributed by atoms with Crippen LogP contribution in [-0.2, 0) is 19.4 Å². The Morgan fingerprint density at radius 3 is 2.77 bits per heavy atom. The molecule has 2 aromatic carbocycles. The Morgan fingerprint density at radius 1 is 1.12 bits per heavy atom. The Balaban J connectivity index is 1.61. The number of para-hydroxylation sites is 2. The molecule has 1 amide bonds. The van der Waals surface area contributed by atoms with Crippen LogP contribution in [0, 0.1) is 10.1 Å². The van der Waals surface area contributed by atoms with E-state index in [1.54, 1.807) is 24.3 Å². The zero-order chi connectivity index (χ0) is 18.1. The zero-order valence-electron chi connectivity index (χ0n) is 14.2. The normalized spacial score (nSPS) is 13.4. The molecule has 0 fully saturated rings. The molecule has 0 saturated carbocycles. The number of rotatable bonds is 4. The first kappa shape index (κ1) is 16.3. The van der Waals surface area contributed by atoms with Gasteiger partial charge in [0, 0.05) is 29.3 Å². The molecular weight excluding hydrogens is 330 g/mol. The second kappa shape index (κ2) is 6.63. The number of carbonyl (C=O) groups is 1. The Hall–Kier alpha value is -3.15. The fourth-order valence-corrected chi connectivity index (χ4v) is 3.73. The van der Waals surface area contributed by atoms with Crippen molar-refractivity contribution in [3.63, 3.8) is 0 Å². The van der Waals surface area contributed by atoms with Gasteiger partial charge >= 0.3 is 0 Å². The quantitative estimate of drug-likeness (QED) is 0.553. The number of carbonyl (C=O) groups excluding carboxylic acids is 1. The van der Waals surface area contributed by atoms with E-state index in [9.17, 15) is 14.9 Å². The number of aryl methyl sites for hydroxylation is 2. The number of H-pyrrole nitrogens is 1. The molecule has 0 spiro atoms. The summed E-state index contributed by atoms with van der Waals surface area (Å²) >= 11 is 0. The van der Waals surface area contributed by atoms with E-state index in [-0.39, 0.29) is 18.1 Å². The highest BCUT2D eigenvalue weighted by Crippen LogP contribution is 2.30. The van der Waals surface area contributed by atoms with Crippen molar-refractivity contribution < 1.29 is 9.72 Å². The molecule has 0 unspecified atom stereocenters. The monoisotopic (exact) mass is 349 g/mol. The lowest BCUT2D eigenvalue weighted by atomic mass is 9.95. The Morgan fingerprint density at radius 2 is 1.92 bits per heavy atom. The molecule has 4 rings (SSSR count). The van der Waals surface area contributed by atoms with Crippen LogP contribution in [0.4, 0.5) is 5.69 Å². The van der Waals surface area contributed by atoms with Crippen LogP contribution in [0.3, 0.4) is 0 Å². The predicted octanol–water partition coefficient (Wildman–Crippen LogP) is 3.88. The number of nitro groups is 1. The van der Waals surface area contributed by atoms with Crippen molar-refractivity contribution in [3.05, 3.63) is 75.0 Å². The van der Waals surface area contributed by atoms with Crippen LogP contribution in [0.5, 0.6) is 0 Å². The van der Waals surface area contributed by atoms with Crippen molar-refractivity contribution in [2.75, 3.05) is 0 Å². The van der Waals surface area contributed by atoms with Gasteiger partial charge in [-0.25, -0.2) is 0 Å². The zero-order valence-corrected chi connectivity index (χ0v) is 14.2. The molecule has 2 N–H and O–H groups in total. The van der Waals surface area contributed by atoms with Gasteiger partial charge in [-0.3, -0.25) is 14.9 Å². The maximum Gasteiger partial charge on any atom is 0.274 e. The summed E-state index contributed by atoms with van der Waals surface area (Å²) in [6.45, 7) is 0.118. The third kappa shape index (κ3) is 2.83. The molecule has 1 aliphatic carbocycles. The van der Waals surface area contributed by atoms with Crippen molar-refractivity contribution in [2.24, 2.45) is 0 Å². The molecule has 6 nitrogen and oxygen atoms in total. The summed E-state index contributed by atoms with van der Waals surface area (Å²) in [6, 6.07) is 12.2. The number of nitrogens with zero attached hydrogens (tertiary/aromatic N) is 1. The van der Waals surface area contributed by atoms with E-state index in [4.69, 9.17) is 0 Å². The molecular formula is C20H19N3O3. The molecule has 0 aliphatic heterocycles.